The lowest BCUT2D eigenvalue weighted by atomic mass is 9.94. The van der Waals surface area contributed by atoms with Crippen molar-refractivity contribution < 1.29 is 9.59 Å². The lowest BCUT2D eigenvalue weighted by Gasteiger charge is -2.31. The molecule has 0 spiro atoms. The molecule has 2 amide bonds. The van der Waals surface area contributed by atoms with Crippen LogP contribution in [-0.4, -0.2) is 43.5 Å². The van der Waals surface area contributed by atoms with Gasteiger partial charge in [-0.1, -0.05) is 54.2 Å². The second kappa shape index (κ2) is 10.3. The second-order valence-electron chi connectivity index (χ2n) is 8.20. The number of anilines is 1. The van der Waals surface area contributed by atoms with E-state index in [0.717, 1.165) is 36.9 Å². The maximum atomic E-state index is 13.3. The Morgan fingerprint density at radius 3 is 2.70 bits per heavy atom. The maximum absolute atomic E-state index is 13.3. The molecule has 33 heavy (non-hydrogen) atoms. The first-order valence-electron chi connectivity index (χ1n) is 10.8. The van der Waals surface area contributed by atoms with Crippen molar-refractivity contribution >= 4 is 63.7 Å². The topological polar surface area (TPSA) is 79.6 Å². The summed E-state index contributed by atoms with van der Waals surface area (Å²) in [5.41, 5.74) is 2.56. The van der Waals surface area contributed by atoms with Gasteiger partial charge in [0.25, 0.3) is 5.91 Å². The van der Waals surface area contributed by atoms with Gasteiger partial charge in [0.05, 0.1) is 22.2 Å². The van der Waals surface area contributed by atoms with Gasteiger partial charge in [-0.2, -0.15) is 5.10 Å². The van der Waals surface area contributed by atoms with Crippen LogP contribution in [-0.2, 0) is 16.6 Å². The van der Waals surface area contributed by atoms with Gasteiger partial charge < -0.3 is 5.32 Å². The predicted octanol–water partition coefficient (Wildman–Crippen LogP) is 5.28. The normalized spacial score (nSPS) is 18.2. The number of rotatable bonds is 5. The molecule has 0 bridgehead atoms. The number of aliphatic imine (C=N–C) groups is 1. The fourth-order valence-corrected chi connectivity index (χ4v) is 5.41. The standard InChI is InChI=1S/C23H25Cl2N5O2S/c1-14-15(12-29(2)28-14)10-20-22(32)30(17-6-4-3-5-7-17)23(27-20)33-13-21(31)26-19-9-8-16(24)11-18(19)25/h8-12,17H,3-7,13H2,1-2H3,(H,26,31)/b20-10+. The van der Waals surface area contributed by atoms with E-state index in [2.05, 4.69) is 15.4 Å². The van der Waals surface area contributed by atoms with Crippen LogP contribution >= 0.6 is 35.0 Å². The van der Waals surface area contributed by atoms with Crippen molar-refractivity contribution in [3.63, 3.8) is 0 Å². The molecule has 1 aliphatic carbocycles. The summed E-state index contributed by atoms with van der Waals surface area (Å²) in [4.78, 5) is 32.3. The van der Waals surface area contributed by atoms with E-state index < -0.39 is 0 Å². The van der Waals surface area contributed by atoms with Gasteiger partial charge >= 0.3 is 0 Å². The average Bonchev–Trinajstić information content (AvgIpc) is 3.27. The molecule has 1 N–H and O–H groups in total. The van der Waals surface area contributed by atoms with Gasteiger partial charge in [0.1, 0.15) is 5.70 Å². The van der Waals surface area contributed by atoms with Crippen molar-refractivity contribution in [1.82, 2.24) is 14.7 Å². The van der Waals surface area contributed by atoms with E-state index in [1.807, 2.05) is 20.2 Å². The summed E-state index contributed by atoms with van der Waals surface area (Å²) >= 11 is 13.3. The quantitative estimate of drug-likeness (QED) is 0.560. The lowest BCUT2D eigenvalue weighted by Crippen LogP contribution is -2.41. The first-order valence-corrected chi connectivity index (χ1v) is 12.6. The summed E-state index contributed by atoms with van der Waals surface area (Å²) < 4.78 is 1.71. The number of carbonyl (C=O) groups excluding carboxylic acids is 2. The van der Waals surface area contributed by atoms with Gasteiger partial charge in [-0.25, -0.2) is 4.99 Å². The van der Waals surface area contributed by atoms with Crippen LogP contribution < -0.4 is 5.32 Å². The SMILES string of the molecule is Cc1nn(C)cc1/C=C1/N=C(SCC(=O)Nc2ccc(Cl)cc2Cl)N(C2CCCCC2)C1=O. The first kappa shape index (κ1) is 23.9. The highest BCUT2D eigenvalue weighted by Gasteiger charge is 2.36. The number of nitrogens with one attached hydrogen (secondary N) is 1. The van der Waals surface area contributed by atoms with Crippen LogP contribution in [0.25, 0.3) is 6.08 Å². The molecule has 2 heterocycles. The highest BCUT2D eigenvalue weighted by Crippen LogP contribution is 2.32. The molecule has 0 radical (unpaired) electrons. The summed E-state index contributed by atoms with van der Waals surface area (Å²) in [6, 6.07) is 5.01. The number of thioether (sulfide) groups is 1. The molecule has 0 atom stereocenters. The van der Waals surface area contributed by atoms with Crippen molar-refractivity contribution in [2.45, 2.75) is 45.1 Å². The first-order chi connectivity index (χ1) is 15.8. The molecule has 1 aliphatic heterocycles. The van der Waals surface area contributed by atoms with Crippen LogP contribution in [0.2, 0.25) is 10.0 Å². The third kappa shape index (κ3) is 5.62. The number of hydrogen-bond acceptors (Lipinski definition) is 5. The highest BCUT2D eigenvalue weighted by atomic mass is 35.5. The number of hydrogen-bond donors (Lipinski definition) is 1. The maximum Gasteiger partial charge on any atom is 0.278 e. The molecule has 1 fully saturated rings. The summed E-state index contributed by atoms with van der Waals surface area (Å²) in [6.07, 6.45) is 8.88. The molecule has 1 saturated carbocycles. The highest BCUT2D eigenvalue weighted by molar-refractivity contribution is 8.14. The monoisotopic (exact) mass is 505 g/mol. The number of aromatic nitrogens is 2. The zero-order chi connectivity index (χ0) is 23.5. The Morgan fingerprint density at radius 2 is 2.03 bits per heavy atom. The minimum Gasteiger partial charge on any atom is -0.324 e. The van der Waals surface area contributed by atoms with Crippen LogP contribution in [0, 0.1) is 6.92 Å². The summed E-state index contributed by atoms with van der Waals surface area (Å²) in [5.74, 6) is -0.245. The number of carbonyl (C=O) groups is 2. The third-order valence-corrected chi connectivity index (χ3v) is 7.18. The Bertz CT molecular complexity index is 1140. The van der Waals surface area contributed by atoms with E-state index in [-0.39, 0.29) is 23.6 Å². The smallest absolute Gasteiger partial charge is 0.278 e. The van der Waals surface area contributed by atoms with E-state index in [9.17, 15) is 9.59 Å². The molecule has 1 aromatic heterocycles. The largest absolute Gasteiger partial charge is 0.324 e. The van der Waals surface area contributed by atoms with Crippen LogP contribution in [0.1, 0.15) is 43.4 Å². The molecule has 0 unspecified atom stereocenters. The fourth-order valence-electron chi connectivity index (χ4n) is 4.09. The van der Waals surface area contributed by atoms with Gasteiger partial charge in [-0.05, 0) is 44.0 Å². The zero-order valence-corrected chi connectivity index (χ0v) is 20.8. The van der Waals surface area contributed by atoms with Gasteiger partial charge in [0.2, 0.25) is 5.91 Å². The van der Waals surface area contributed by atoms with Crippen LogP contribution in [0.4, 0.5) is 5.69 Å². The van der Waals surface area contributed by atoms with Gasteiger partial charge in [0.15, 0.2) is 5.17 Å². The van der Waals surface area contributed by atoms with Crippen LogP contribution in [0.3, 0.4) is 0 Å². The number of amidine groups is 1. The molecular weight excluding hydrogens is 481 g/mol. The molecule has 2 aromatic rings. The molecule has 4 rings (SSSR count). The molecule has 7 nitrogen and oxygen atoms in total. The third-order valence-electron chi connectivity index (χ3n) is 5.68. The second-order valence-corrected chi connectivity index (χ2v) is 9.98. The number of amides is 2. The van der Waals surface area contributed by atoms with Crippen molar-refractivity contribution in [3.8, 4) is 0 Å². The summed E-state index contributed by atoms with van der Waals surface area (Å²) in [5, 5.41) is 8.57. The Morgan fingerprint density at radius 1 is 1.27 bits per heavy atom. The van der Waals surface area contributed by atoms with Crippen molar-refractivity contribution in [1.29, 1.82) is 0 Å². The minimum absolute atomic E-state index is 0.104. The van der Waals surface area contributed by atoms with Crippen molar-refractivity contribution in [2.24, 2.45) is 12.0 Å². The lowest BCUT2D eigenvalue weighted by molar-refractivity contribution is -0.124. The molecule has 1 aromatic carbocycles. The summed E-state index contributed by atoms with van der Waals surface area (Å²) in [6.45, 7) is 1.90. The van der Waals surface area contributed by atoms with E-state index in [1.54, 1.807) is 33.9 Å². The van der Waals surface area contributed by atoms with Crippen LogP contribution in [0.5, 0.6) is 0 Å². The number of nitrogens with zero attached hydrogens (tertiary/aromatic N) is 4. The van der Waals surface area contributed by atoms with Crippen molar-refractivity contribution in [2.75, 3.05) is 11.1 Å². The Kier molecular flexibility index (Phi) is 7.46. The number of aryl methyl sites for hydroxylation is 2. The van der Waals surface area contributed by atoms with E-state index in [4.69, 9.17) is 23.2 Å². The Hall–Kier alpha value is -2.29. The van der Waals surface area contributed by atoms with E-state index >= 15 is 0 Å². The molecular formula is C23H25Cl2N5O2S. The molecule has 2 aliphatic rings. The minimum atomic E-state index is -0.233. The Labute approximate surface area is 207 Å². The van der Waals surface area contributed by atoms with Gasteiger partial charge in [-0.15, -0.1) is 0 Å². The van der Waals surface area contributed by atoms with Gasteiger partial charge in [0, 0.05) is 29.9 Å². The van der Waals surface area contributed by atoms with Gasteiger partial charge in [-0.3, -0.25) is 19.2 Å². The zero-order valence-electron chi connectivity index (χ0n) is 18.5. The predicted molar refractivity (Wildman–Crippen MR) is 135 cm³/mol. The summed E-state index contributed by atoms with van der Waals surface area (Å²) in [7, 11) is 1.84. The molecule has 10 heteroatoms. The molecule has 174 valence electrons. The van der Waals surface area contributed by atoms with Crippen molar-refractivity contribution in [3.05, 3.63) is 51.4 Å². The molecule has 0 saturated heterocycles. The average molecular weight is 506 g/mol. The Balaban J connectivity index is 1.52. The number of benzene rings is 1. The van der Waals surface area contributed by atoms with Crippen LogP contribution in [0.15, 0.2) is 35.1 Å². The number of halogens is 2. The van der Waals surface area contributed by atoms with E-state index in [0.29, 0.717) is 26.6 Å². The fraction of sp³-hybridized carbons (Fsp3) is 0.391. The van der Waals surface area contributed by atoms with E-state index in [1.165, 1.54) is 18.2 Å².